The van der Waals surface area contributed by atoms with Gasteiger partial charge in [0.15, 0.2) is 11.4 Å². The fraction of sp³-hybridized carbons (Fsp3) is 0.214. The number of nitrogens with zero attached hydrogens (tertiary/aromatic N) is 4. The summed E-state index contributed by atoms with van der Waals surface area (Å²) in [5.74, 6) is 0. The molecule has 0 aliphatic rings. The van der Waals surface area contributed by atoms with E-state index in [4.69, 9.17) is 16.3 Å². The number of hydrogen-bond acceptors (Lipinski definition) is 4. The minimum atomic E-state index is -0.191. The van der Waals surface area contributed by atoms with Gasteiger partial charge in [-0.3, -0.25) is 0 Å². The first-order valence-electron chi connectivity index (χ1n) is 5.85. The predicted molar refractivity (Wildman–Crippen MR) is 70.0 cm³/mol. The lowest BCUT2D eigenvalue weighted by Gasteiger charge is -2.18. The van der Waals surface area contributed by atoms with Crippen LogP contribution in [0, 0.1) is 29.6 Å². The quantitative estimate of drug-likeness (QED) is 0.894. The molecule has 0 spiro atoms. The molecular formula is C14H13N5. The molecule has 0 saturated carbocycles. The van der Waals surface area contributed by atoms with Gasteiger partial charge in [-0.05, 0) is 12.5 Å². The number of imidazole rings is 1. The molecule has 1 aromatic heterocycles. The van der Waals surface area contributed by atoms with Crippen molar-refractivity contribution in [2.24, 2.45) is 5.73 Å². The second kappa shape index (κ2) is 5.34. The van der Waals surface area contributed by atoms with E-state index in [9.17, 15) is 0 Å². The number of benzene rings is 1. The Labute approximate surface area is 111 Å². The first-order valence-corrected chi connectivity index (χ1v) is 5.85. The first kappa shape index (κ1) is 12.8. The van der Waals surface area contributed by atoms with Gasteiger partial charge in [0.25, 0.3) is 0 Å². The van der Waals surface area contributed by atoms with Gasteiger partial charge in [-0.2, -0.15) is 10.5 Å². The average molecular weight is 251 g/mol. The lowest BCUT2D eigenvalue weighted by atomic mass is 10.0. The summed E-state index contributed by atoms with van der Waals surface area (Å²) in [5, 5.41) is 18.1. The third-order valence-corrected chi connectivity index (χ3v) is 2.99. The summed E-state index contributed by atoms with van der Waals surface area (Å²) in [6.07, 6.45) is 1.50. The van der Waals surface area contributed by atoms with E-state index in [0.717, 1.165) is 11.1 Å². The second-order valence-electron chi connectivity index (χ2n) is 4.24. The van der Waals surface area contributed by atoms with Crippen LogP contribution in [0.5, 0.6) is 0 Å². The lowest BCUT2D eigenvalue weighted by molar-refractivity contribution is 0.588. The molecule has 0 bridgehead atoms. The molecule has 0 aliphatic carbocycles. The monoisotopic (exact) mass is 251 g/mol. The Balaban J connectivity index is 2.53. The molecule has 1 atom stereocenters. The zero-order valence-electron chi connectivity index (χ0n) is 10.5. The highest BCUT2D eigenvalue weighted by molar-refractivity contribution is 5.38. The summed E-state index contributed by atoms with van der Waals surface area (Å²) < 4.78 is 1.66. The van der Waals surface area contributed by atoms with Gasteiger partial charge in [-0.1, -0.05) is 29.8 Å². The highest BCUT2D eigenvalue weighted by atomic mass is 15.1. The summed E-state index contributed by atoms with van der Waals surface area (Å²) in [6, 6.07) is 11.7. The van der Waals surface area contributed by atoms with Gasteiger partial charge in [0, 0.05) is 6.54 Å². The molecule has 0 saturated heterocycles. The van der Waals surface area contributed by atoms with E-state index in [0.29, 0.717) is 6.54 Å². The fourth-order valence-electron chi connectivity index (χ4n) is 2.08. The molecular weight excluding hydrogens is 238 g/mol. The molecule has 0 fully saturated rings. The van der Waals surface area contributed by atoms with Crippen LogP contribution in [0.4, 0.5) is 0 Å². The molecule has 0 amide bonds. The minimum Gasteiger partial charge on any atom is -0.328 e. The highest BCUT2D eigenvalue weighted by Crippen LogP contribution is 2.21. The van der Waals surface area contributed by atoms with Crippen LogP contribution in [0.1, 0.15) is 28.6 Å². The van der Waals surface area contributed by atoms with E-state index in [1.54, 1.807) is 4.57 Å². The summed E-state index contributed by atoms with van der Waals surface area (Å²) in [4.78, 5) is 3.95. The molecule has 0 radical (unpaired) electrons. The lowest BCUT2D eigenvalue weighted by Crippen LogP contribution is -2.21. The number of nitrogens with two attached hydrogens (primary N) is 1. The number of nitriles is 2. The number of rotatable bonds is 3. The summed E-state index contributed by atoms with van der Waals surface area (Å²) in [7, 11) is 0. The van der Waals surface area contributed by atoms with Crippen molar-refractivity contribution in [3.05, 3.63) is 53.1 Å². The van der Waals surface area contributed by atoms with Crippen molar-refractivity contribution in [2.45, 2.75) is 13.0 Å². The Morgan fingerprint density at radius 3 is 2.74 bits per heavy atom. The molecule has 1 aromatic carbocycles. The van der Waals surface area contributed by atoms with Crippen LogP contribution >= 0.6 is 0 Å². The van der Waals surface area contributed by atoms with E-state index >= 15 is 0 Å². The average Bonchev–Trinajstić information content (AvgIpc) is 2.82. The zero-order chi connectivity index (χ0) is 13.8. The summed E-state index contributed by atoms with van der Waals surface area (Å²) >= 11 is 0. The molecule has 2 rings (SSSR count). The third kappa shape index (κ3) is 2.33. The van der Waals surface area contributed by atoms with Crippen LogP contribution < -0.4 is 5.73 Å². The smallest absolute Gasteiger partial charge is 0.176 e. The molecule has 1 unspecified atom stereocenters. The van der Waals surface area contributed by atoms with Gasteiger partial charge in [-0.25, -0.2) is 4.98 Å². The van der Waals surface area contributed by atoms with E-state index in [1.165, 1.54) is 6.33 Å². The number of hydrogen-bond donors (Lipinski definition) is 1. The van der Waals surface area contributed by atoms with Crippen LogP contribution in [-0.4, -0.2) is 16.1 Å². The van der Waals surface area contributed by atoms with E-state index in [-0.39, 0.29) is 17.4 Å². The van der Waals surface area contributed by atoms with Crippen molar-refractivity contribution in [3.63, 3.8) is 0 Å². The maximum absolute atomic E-state index is 9.16. The van der Waals surface area contributed by atoms with Crippen LogP contribution in [-0.2, 0) is 0 Å². The molecule has 1 heterocycles. The molecule has 2 aromatic rings. The van der Waals surface area contributed by atoms with Gasteiger partial charge in [-0.15, -0.1) is 0 Å². The summed E-state index contributed by atoms with van der Waals surface area (Å²) in [5.41, 5.74) is 8.32. The maximum Gasteiger partial charge on any atom is 0.176 e. The van der Waals surface area contributed by atoms with E-state index in [1.807, 2.05) is 43.3 Å². The highest BCUT2D eigenvalue weighted by Gasteiger charge is 2.18. The number of aryl methyl sites for hydroxylation is 1. The predicted octanol–water partition coefficient (Wildman–Crippen LogP) is 1.48. The molecule has 2 N–H and O–H groups in total. The van der Waals surface area contributed by atoms with Crippen molar-refractivity contribution in [2.75, 3.05) is 6.54 Å². The van der Waals surface area contributed by atoms with Gasteiger partial charge in [0.2, 0.25) is 0 Å². The van der Waals surface area contributed by atoms with Crippen molar-refractivity contribution in [1.29, 1.82) is 10.5 Å². The SMILES string of the molecule is Cc1cccc(C(CN)n2cnc(C#N)c2C#N)c1. The zero-order valence-corrected chi connectivity index (χ0v) is 10.5. The Morgan fingerprint density at radius 1 is 1.37 bits per heavy atom. The van der Waals surface area contributed by atoms with E-state index < -0.39 is 0 Å². The Hall–Kier alpha value is -2.63. The number of aromatic nitrogens is 2. The molecule has 94 valence electrons. The van der Waals surface area contributed by atoms with Crippen LogP contribution in [0.15, 0.2) is 30.6 Å². The van der Waals surface area contributed by atoms with Crippen molar-refractivity contribution in [3.8, 4) is 12.1 Å². The topological polar surface area (TPSA) is 91.4 Å². The van der Waals surface area contributed by atoms with Crippen LogP contribution in [0.25, 0.3) is 0 Å². The van der Waals surface area contributed by atoms with Crippen molar-refractivity contribution in [1.82, 2.24) is 9.55 Å². The van der Waals surface area contributed by atoms with Crippen LogP contribution in [0.2, 0.25) is 0 Å². The Morgan fingerprint density at radius 2 is 2.16 bits per heavy atom. The van der Waals surface area contributed by atoms with Crippen LogP contribution in [0.3, 0.4) is 0 Å². The maximum atomic E-state index is 9.16. The normalized spacial score (nSPS) is 11.6. The largest absolute Gasteiger partial charge is 0.328 e. The Kier molecular flexibility index (Phi) is 3.61. The van der Waals surface area contributed by atoms with E-state index in [2.05, 4.69) is 4.98 Å². The van der Waals surface area contributed by atoms with Gasteiger partial charge < -0.3 is 10.3 Å². The third-order valence-electron chi connectivity index (χ3n) is 2.99. The molecule has 5 heteroatoms. The standard InChI is InChI=1S/C14H13N5/c1-10-3-2-4-11(5-10)13(7-16)19-9-18-12(6-15)14(19)8-17/h2-5,9,13H,7,16H2,1H3. The van der Waals surface area contributed by atoms with Crippen molar-refractivity contribution >= 4 is 0 Å². The van der Waals surface area contributed by atoms with Crippen molar-refractivity contribution < 1.29 is 0 Å². The first-order chi connectivity index (χ1) is 9.21. The minimum absolute atomic E-state index is 0.133. The molecule has 5 nitrogen and oxygen atoms in total. The second-order valence-corrected chi connectivity index (χ2v) is 4.24. The fourth-order valence-corrected chi connectivity index (χ4v) is 2.08. The summed E-state index contributed by atoms with van der Waals surface area (Å²) in [6.45, 7) is 2.33. The molecule has 19 heavy (non-hydrogen) atoms. The Bertz CT molecular complexity index is 672. The molecule has 0 aliphatic heterocycles. The van der Waals surface area contributed by atoms with Gasteiger partial charge >= 0.3 is 0 Å². The van der Waals surface area contributed by atoms with Gasteiger partial charge in [0.05, 0.1) is 12.4 Å². The van der Waals surface area contributed by atoms with Gasteiger partial charge in [0.1, 0.15) is 12.1 Å².